The van der Waals surface area contributed by atoms with E-state index < -0.39 is 10.9 Å². The van der Waals surface area contributed by atoms with Crippen molar-refractivity contribution in [2.45, 2.75) is 20.4 Å². The van der Waals surface area contributed by atoms with Crippen molar-refractivity contribution in [1.82, 2.24) is 9.47 Å². The molecule has 0 aliphatic carbocycles. The van der Waals surface area contributed by atoms with Crippen molar-refractivity contribution >= 4 is 46.3 Å². The van der Waals surface area contributed by atoms with Gasteiger partial charge in [-0.2, -0.15) is 0 Å². The van der Waals surface area contributed by atoms with Crippen LogP contribution in [0.2, 0.25) is 0 Å². The van der Waals surface area contributed by atoms with Crippen LogP contribution in [-0.2, 0) is 11.3 Å². The minimum atomic E-state index is -1.02. The Morgan fingerprint density at radius 3 is 2.43 bits per heavy atom. The number of carboxylic acid groups (broad SMARTS) is 1. The van der Waals surface area contributed by atoms with E-state index in [9.17, 15) is 24.8 Å². The van der Waals surface area contributed by atoms with E-state index in [2.05, 4.69) is 0 Å². The van der Waals surface area contributed by atoms with E-state index in [0.29, 0.717) is 27.2 Å². The van der Waals surface area contributed by atoms with Gasteiger partial charge >= 0.3 is 5.97 Å². The van der Waals surface area contributed by atoms with Crippen molar-refractivity contribution in [3.05, 3.63) is 122 Å². The molecule has 0 spiro atoms. The van der Waals surface area contributed by atoms with Gasteiger partial charge in [0.05, 0.1) is 46.5 Å². The number of nitro groups is 1. The molecule has 2 heterocycles. The maximum Gasteiger partial charge on any atom is 0.335 e. The van der Waals surface area contributed by atoms with Crippen LogP contribution in [0.1, 0.15) is 32.9 Å². The molecule has 4 aromatic rings. The second kappa shape index (κ2) is 11.8. The number of carboxylic acids is 1. The average Bonchev–Trinajstić information content (AvgIpc) is 3.42. The predicted octanol–water partition coefficient (Wildman–Crippen LogP) is 6.51. The van der Waals surface area contributed by atoms with Gasteiger partial charge in [0, 0.05) is 17.5 Å². The quantitative estimate of drug-likeness (QED) is 0.142. The number of amides is 1. The number of non-ortho nitro benzene ring substituents is 1. The second-order valence-corrected chi connectivity index (χ2v) is 10.5. The molecule has 0 atom stereocenters. The van der Waals surface area contributed by atoms with E-state index in [4.69, 9.17) is 9.73 Å². The number of nitrogens with zero attached hydrogens (tertiary/aromatic N) is 4. The zero-order valence-corrected chi connectivity index (χ0v) is 23.8. The van der Waals surface area contributed by atoms with Crippen LogP contribution >= 0.6 is 11.8 Å². The molecule has 10 nitrogen and oxygen atoms in total. The number of aliphatic imine (C=N–C) groups is 1. The van der Waals surface area contributed by atoms with Gasteiger partial charge in [0.25, 0.3) is 11.6 Å². The number of hydrogen-bond donors (Lipinski definition) is 1. The summed E-state index contributed by atoms with van der Waals surface area (Å²) in [4.78, 5) is 42.6. The van der Waals surface area contributed by atoms with Crippen molar-refractivity contribution in [3.8, 4) is 11.4 Å². The van der Waals surface area contributed by atoms with Crippen LogP contribution in [0.4, 0.5) is 11.4 Å². The summed E-state index contributed by atoms with van der Waals surface area (Å²) in [6.45, 7) is 4.04. The fourth-order valence-corrected chi connectivity index (χ4v) is 5.68. The third-order valence-corrected chi connectivity index (χ3v) is 7.79. The summed E-state index contributed by atoms with van der Waals surface area (Å²) in [5.41, 5.74) is 4.68. The molecule has 1 amide bonds. The van der Waals surface area contributed by atoms with Crippen molar-refractivity contribution < 1.29 is 24.4 Å². The van der Waals surface area contributed by atoms with Crippen LogP contribution in [0.25, 0.3) is 11.8 Å². The third-order valence-electron chi connectivity index (χ3n) is 6.78. The number of aryl methyl sites for hydroxylation is 1. The zero-order valence-electron chi connectivity index (χ0n) is 23.0. The molecule has 1 aromatic heterocycles. The Hall–Kier alpha value is -5.16. The standard InChI is InChI=1S/C31H26N4O6S/c1-19-15-23(20(2)34(19)26-14-13-25(35(39)40)17-27(26)41-3)16-28-29(36)33(18-21-9-11-22(12-10-21)30(37)38)31(42-28)32-24-7-5-4-6-8-24/h4-17H,18H2,1-3H3,(H,37,38)/b28-16-,32-31?. The lowest BCUT2D eigenvalue weighted by molar-refractivity contribution is -0.384. The van der Waals surface area contributed by atoms with Gasteiger partial charge in [0.15, 0.2) is 5.17 Å². The number of carbonyl (C=O) groups excluding carboxylic acids is 1. The summed E-state index contributed by atoms with van der Waals surface area (Å²) in [5.74, 6) is -0.890. The van der Waals surface area contributed by atoms with Gasteiger partial charge in [-0.1, -0.05) is 30.3 Å². The molecule has 1 aliphatic rings. The number of amidine groups is 1. The van der Waals surface area contributed by atoms with Crippen LogP contribution in [0.5, 0.6) is 5.75 Å². The molecule has 0 bridgehead atoms. The first-order chi connectivity index (χ1) is 20.2. The van der Waals surface area contributed by atoms with Gasteiger partial charge in [-0.25, -0.2) is 9.79 Å². The van der Waals surface area contributed by atoms with Crippen molar-refractivity contribution in [2.75, 3.05) is 7.11 Å². The highest BCUT2D eigenvalue weighted by molar-refractivity contribution is 8.18. The van der Waals surface area contributed by atoms with E-state index in [1.807, 2.05) is 60.9 Å². The number of benzene rings is 3. The second-order valence-electron chi connectivity index (χ2n) is 9.51. The first kappa shape index (κ1) is 28.4. The molecule has 42 heavy (non-hydrogen) atoms. The number of para-hydroxylation sites is 1. The van der Waals surface area contributed by atoms with Crippen LogP contribution in [-0.4, -0.2) is 43.7 Å². The first-order valence-corrected chi connectivity index (χ1v) is 13.7. The van der Waals surface area contributed by atoms with E-state index >= 15 is 0 Å². The minimum absolute atomic E-state index is 0.0729. The number of thioether (sulfide) groups is 1. The Morgan fingerprint density at radius 2 is 1.79 bits per heavy atom. The highest BCUT2D eigenvalue weighted by atomic mass is 32.2. The normalized spacial score (nSPS) is 15.0. The lowest BCUT2D eigenvalue weighted by Gasteiger charge is -2.16. The molecule has 0 unspecified atom stereocenters. The van der Waals surface area contributed by atoms with Crippen LogP contribution in [0.3, 0.4) is 0 Å². The number of aromatic carboxylic acids is 1. The Kier molecular flexibility index (Phi) is 7.94. The Morgan fingerprint density at radius 1 is 1.07 bits per heavy atom. The monoisotopic (exact) mass is 582 g/mol. The summed E-state index contributed by atoms with van der Waals surface area (Å²) in [6.07, 6.45) is 1.82. The SMILES string of the molecule is COc1cc([N+](=O)[O-])ccc1-n1c(C)cc(/C=C2\SC(=Nc3ccccc3)N(Cc3ccc(C(=O)O)cc3)C2=O)c1C. The molecule has 1 saturated heterocycles. The number of aromatic nitrogens is 1. The zero-order chi connectivity index (χ0) is 30.0. The van der Waals surface area contributed by atoms with Crippen LogP contribution in [0.15, 0.2) is 88.8 Å². The fraction of sp³-hybridized carbons (Fsp3) is 0.129. The summed E-state index contributed by atoms with van der Waals surface area (Å²) < 4.78 is 7.40. The third kappa shape index (κ3) is 5.68. The summed E-state index contributed by atoms with van der Waals surface area (Å²) in [7, 11) is 1.46. The highest BCUT2D eigenvalue weighted by Gasteiger charge is 2.34. The first-order valence-electron chi connectivity index (χ1n) is 12.9. The largest absolute Gasteiger partial charge is 0.494 e. The molecule has 212 valence electrons. The summed E-state index contributed by atoms with van der Waals surface area (Å²) in [6, 6.07) is 22.1. The number of carbonyl (C=O) groups is 2. The van der Waals surface area contributed by atoms with Gasteiger partial charge in [0.1, 0.15) is 5.75 Å². The molecular formula is C31H26N4O6S. The van der Waals surface area contributed by atoms with Gasteiger partial charge in [-0.3, -0.25) is 19.8 Å². The summed E-state index contributed by atoms with van der Waals surface area (Å²) in [5, 5.41) is 21.0. The number of methoxy groups -OCH3 is 1. The molecule has 11 heteroatoms. The summed E-state index contributed by atoms with van der Waals surface area (Å²) >= 11 is 1.26. The molecule has 0 radical (unpaired) electrons. The van der Waals surface area contributed by atoms with E-state index in [1.165, 1.54) is 43.1 Å². The van der Waals surface area contributed by atoms with E-state index in [-0.39, 0.29) is 23.7 Å². The van der Waals surface area contributed by atoms with E-state index in [0.717, 1.165) is 22.5 Å². The lowest BCUT2D eigenvalue weighted by atomic mass is 10.1. The number of ether oxygens (including phenoxy) is 1. The molecule has 1 aliphatic heterocycles. The molecule has 3 aromatic carbocycles. The highest BCUT2D eigenvalue weighted by Crippen LogP contribution is 2.37. The lowest BCUT2D eigenvalue weighted by Crippen LogP contribution is -2.28. The Balaban J connectivity index is 1.52. The maximum atomic E-state index is 13.7. The molecule has 0 saturated carbocycles. The van der Waals surface area contributed by atoms with Gasteiger partial charge in [-0.15, -0.1) is 0 Å². The molecule has 1 fully saturated rings. The van der Waals surface area contributed by atoms with Crippen molar-refractivity contribution in [2.24, 2.45) is 4.99 Å². The molecular weight excluding hydrogens is 556 g/mol. The van der Waals surface area contributed by atoms with E-state index in [1.54, 1.807) is 23.1 Å². The van der Waals surface area contributed by atoms with Gasteiger partial charge < -0.3 is 14.4 Å². The topological polar surface area (TPSA) is 127 Å². The smallest absolute Gasteiger partial charge is 0.335 e. The fourth-order valence-electron chi connectivity index (χ4n) is 4.69. The Labute approximate surface area is 245 Å². The van der Waals surface area contributed by atoms with Gasteiger partial charge in [-0.05, 0) is 79.2 Å². The van der Waals surface area contributed by atoms with Crippen molar-refractivity contribution in [3.63, 3.8) is 0 Å². The van der Waals surface area contributed by atoms with Crippen LogP contribution in [0, 0.1) is 24.0 Å². The molecule has 5 rings (SSSR count). The average molecular weight is 583 g/mol. The number of hydrogen-bond acceptors (Lipinski definition) is 7. The van der Waals surface area contributed by atoms with Gasteiger partial charge in [0.2, 0.25) is 0 Å². The predicted molar refractivity (Wildman–Crippen MR) is 162 cm³/mol. The molecule has 1 N–H and O–H groups in total. The van der Waals surface area contributed by atoms with Crippen molar-refractivity contribution in [1.29, 1.82) is 0 Å². The maximum absolute atomic E-state index is 13.7. The Bertz CT molecular complexity index is 1760. The number of rotatable bonds is 8. The van der Waals surface area contributed by atoms with Crippen LogP contribution < -0.4 is 4.74 Å². The number of nitro benzene ring substituents is 1. The minimum Gasteiger partial charge on any atom is -0.494 e.